The number of nitriles is 1. The smallest absolute Gasteiger partial charge is 0.225 e. The number of nitrogens with zero attached hydrogens (tertiary/aromatic N) is 1. The van der Waals surface area contributed by atoms with Crippen molar-refractivity contribution in [2.75, 3.05) is 0 Å². The maximum atomic E-state index is 8.84. The van der Waals surface area contributed by atoms with Crippen molar-refractivity contribution in [3.63, 3.8) is 0 Å². The second-order valence-electron chi connectivity index (χ2n) is 3.72. The van der Waals surface area contributed by atoms with Crippen LogP contribution in [0.2, 0.25) is 0 Å². The van der Waals surface area contributed by atoms with Crippen molar-refractivity contribution in [2.24, 2.45) is 5.41 Å². The minimum atomic E-state index is -1.48. The Morgan fingerprint density at radius 1 is 1.50 bits per heavy atom. The third-order valence-electron chi connectivity index (χ3n) is 3.13. The van der Waals surface area contributed by atoms with Crippen LogP contribution in [0, 0.1) is 16.7 Å². The highest BCUT2D eigenvalue weighted by Gasteiger charge is 2.36. The molecule has 0 heterocycles. The fourth-order valence-corrected chi connectivity index (χ4v) is 3.03. The molecule has 0 aliphatic heterocycles. The largest absolute Gasteiger partial charge is 0.327 e. The summed E-state index contributed by atoms with van der Waals surface area (Å²) in [5.41, 5.74) is -0.0815. The van der Waals surface area contributed by atoms with Crippen LogP contribution >= 0.6 is 29.3 Å². The van der Waals surface area contributed by atoms with E-state index in [-0.39, 0.29) is 11.5 Å². The minimum Gasteiger partial charge on any atom is -0.327 e. The molecule has 0 bridgehead atoms. The predicted octanol–water partition coefficient (Wildman–Crippen LogP) is 5.37. The molecule has 0 aromatic carbocycles. The minimum absolute atomic E-state index is 0.0815. The molecule has 0 spiro atoms. The average Bonchev–Trinajstić information content (AvgIpc) is 2.25. The molecule has 1 unspecified atom stereocenters. The van der Waals surface area contributed by atoms with Crippen molar-refractivity contribution in [3.8, 4) is 6.07 Å². The Morgan fingerprint density at radius 3 is 2.38 bits per heavy atom. The first-order chi connectivity index (χ1) is 7.56. The molecule has 1 atom stereocenters. The molecular weight excluding hydrogens is 264 g/mol. The average molecular weight is 282 g/mol. The van der Waals surface area contributed by atoms with Crippen molar-refractivity contribution in [1.82, 2.24) is 0 Å². The summed E-state index contributed by atoms with van der Waals surface area (Å²) in [4.78, 5) is 0. The van der Waals surface area contributed by atoms with E-state index in [4.69, 9.17) is 32.3 Å². The van der Waals surface area contributed by atoms with Crippen molar-refractivity contribution < 1.29 is 4.52 Å². The van der Waals surface area contributed by atoms with Crippen LogP contribution in [0.1, 0.15) is 39.5 Å². The van der Waals surface area contributed by atoms with E-state index in [9.17, 15) is 0 Å². The van der Waals surface area contributed by atoms with Gasteiger partial charge in [-0.2, -0.15) is 5.26 Å². The fourth-order valence-electron chi connectivity index (χ4n) is 1.96. The van der Waals surface area contributed by atoms with Crippen molar-refractivity contribution in [2.45, 2.75) is 45.6 Å². The molecule has 0 N–H and O–H groups in total. The van der Waals surface area contributed by atoms with Gasteiger partial charge in [0.1, 0.15) is 0 Å². The van der Waals surface area contributed by atoms with Gasteiger partial charge in [0.15, 0.2) is 0 Å². The number of halogens is 2. The second-order valence-corrected chi connectivity index (χ2v) is 6.70. The molecule has 16 heavy (non-hydrogen) atoms. The van der Waals surface area contributed by atoms with E-state index in [0.717, 1.165) is 19.3 Å². The highest BCUT2D eigenvalue weighted by atomic mass is 35.9. The van der Waals surface area contributed by atoms with Crippen LogP contribution in [0.3, 0.4) is 0 Å². The molecule has 0 rings (SSSR count). The van der Waals surface area contributed by atoms with Gasteiger partial charge >= 0.3 is 0 Å². The van der Waals surface area contributed by atoms with Gasteiger partial charge in [-0.15, -0.1) is 6.58 Å². The summed E-state index contributed by atoms with van der Waals surface area (Å²) in [6.45, 7) is 6.46. The lowest BCUT2D eigenvalue weighted by Gasteiger charge is -2.37. The molecule has 0 saturated carbocycles. The Kier molecular flexibility index (Phi) is 8.42. The van der Waals surface area contributed by atoms with Crippen molar-refractivity contribution >= 4 is 29.3 Å². The molecule has 0 aliphatic rings. The van der Waals surface area contributed by atoms with Gasteiger partial charge in [0, 0.05) is 5.41 Å². The van der Waals surface area contributed by atoms with Crippen molar-refractivity contribution in [1.29, 1.82) is 5.26 Å². The van der Waals surface area contributed by atoms with Crippen LogP contribution in [0.15, 0.2) is 12.7 Å². The van der Waals surface area contributed by atoms with Crippen LogP contribution in [0.4, 0.5) is 0 Å². The van der Waals surface area contributed by atoms with Gasteiger partial charge in [0.05, 0.1) is 18.6 Å². The van der Waals surface area contributed by atoms with E-state index in [0.29, 0.717) is 6.42 Å². The van der Waals surface area contributed by atoms with Gasteiger partial charge < -0.3 is 4.52 Å². The molecule has 2 nitrogen and oxygen atoms in total. The van der Waals surface area contributed by atoms with E-state index in [2.05, 4.69) is 26.5 Å². The summed E-state index contributed by atoms with van der Waals surface area (Å²) in [5.74, 6) is 0. The lowest BCUT2D eigenvalue weighted by molar-refractivity contribution is 0.0565. The fraction of sp³-hybridized carbons (Fsp3) is 0.727. The summed E-state index contributed by atoms with van der Waals surface area (Å²) in [7, 11) is 0. The maximum absolute atomic E-state index is 8.84. The highest BCUT2D eigenvalue weighted by Crippen LogP contribution is 2.53. The zero-order valence-corrected chi connectivity index (χ0v) is 12.2. The Morgan fingerprint density at radius 2 is 2.06 bits per heavy atom. The first-order valence-electron chi connectivity index (χ1n) is 5.32. The summed E-state index contributed by atoms with van der Waals surface area (Å²) in [6, 6.07) is 2.14. The van der Waals surface area contributed by atoms with E-state index in [1.165, 1.54) is 0 Å². The monoisotopic (exact) mass is 281 g/mol. The number of hydrogen-bond donors (Lipinski definition) is 0. The van der Waals surface area contributed by atoms with Gasteiger partial charge in [-0.3, -0.25) is 0 Å². The van der Waals surface area contributed by atoms with E-state index < -0.39 is 6.85 Å². The Bertz CT molecular complexity index is 249. The van der Waals surface area contributed by atoms with Crippen LogP contribution in [-0.2, 0) is 4.52 Å². The quantitative estimate of drug-likeness (QED) is 0.442. The third-order valence-corrected chi connectivity index (χ3v) is 4.02. The number of rotatable bonds is 8. The number of allylic oxidation sites excluding steroid dienone is 1. The van der Waals surface area contributed by atoms with Gasteiger partial charge in [0.25, 0.3) is 0 Å². The van der Waals surface area contributed by atoms with E-state index >= 15 is 0 Å². The Hall–Kier alpha value is 0.200. The van der Waals surface area contributed by atoms with Crippen LogP contribution in [-0.4, -0.2) is 6.10 Å². The molecule has 0 radical (unpaired) electrons. The van der Waals surface area contributed by atoms with Gasteiger partial charge in [-0.05, 0) is 41.7 Å². The van der Waals surface area contributed by atoms with Gasteiger partial charge in [-0.25, -0.2) is 0 Å². The topological polar surface area (TPSA) is 33.0 Å². The maximum Gasteiger partial charge on any atom is 0.225 e. The molecule has 5 heteroatoms. The molecule has 0 aliphatic carbocycles. The zero-order valence-electron chi connectivity index (χ0n) is 9.75. The van der Waals surface area contributed by atoms with E-state index in [1.807, 2.05) is 6.08 Å². The molecule has 92 valence electrons. The highest BCUT2D eigenvalue weighted by molar-refractivity contribution is 8.00. The first-order valence-corrected chi connectivity index (χ1v) is 8.39. The summed E-state index contributed by atoms with van der Waals surface area (Å²) in [5, 5.41) is 8.84. The van der Waals surface area contributed by atoms with Crippen LogP contribution in [0.25, 0.3) is 0 Å². The molecule has 0 amide bonds. The first kappa shape index (κ1) is 16.2. The molecule has 0 aromatic rings. The standard InChI is InChI=1S/C11H18Cl2NOP/c1-4-8-11(5-2,6-3)10(7-9-14)15-16(12)13/h4,10H,1,5-8H2,2-3H3. The summed E-state index contributed by atoms with van der Waals surface area (Å²) >= 11 is 11.4. The predicted molar refractivity (Wildman–Crippen MR) is 71.6 cm³/mol. The Balaban J connectivity index is 4.91. The molecule has 0 fully saturated rings. The molecule has 0 aromatic heterocycles. The normalized spacial score (nSPS) is 13.5. The molecule has 0 saturated heterocycles. The lowest BCUT2D eigenvalue weighted by atomic mass is 9.73. The zero-order chi connectivity index (χ0) is 12.6. The molecular formula is C11H18Cl2NOP. The van der Waals surface area contributed by atoms with Crippen molar-refractivity contribution in [3.05, 3.63) is 12.7 Å². The second kappa shape index (κ2) is 8.31. The summed E-state index contributed by atoms with van der Waals surface area (Å²) < 4.78 is 5.52. The van der Waals surface area contributed by atoms with Gasteiger partial charge in [-0.1, -0.05) is 19.9 Å². The Labute approximate surface area is 109 Å². The van der Waals surface area contributed by atoms with Crippen LogP contribution in [0.5, 0.6) is 0 Å². The van der Waals surface area contributed by atoms with E-state index in [1.54, 1.807) is 0 Å². The third kappa shape index (κ3) is 4.60. The lowest BCUT2D eigenvalue weighted by Crippen LogP contribution is -2.34. The number of hydrogen-bond acceptors (Lipinski definition) is 2. The van der Waals surface area contributed by atoms with Gasteiger partial charge in [0.2, 0.25) is 6.85 Å². The summed E-state index contributed by atoms with van der Waals surface area (Å²) in [6.07, 6.45) is 4.60. The van der Waals surface area contributed by atoms with Crippen LogP contribution < -0.4 is 0 Å². The SMILES string of the molecule is C=CCC(CC)(CC)C(CC#N)OP(Cl)Cl.